The molecule has 0 aliphatic carbocycles. The highest BCUT2D eigenvalue weighted by atomic mass is 16.2. The van der Waals surface area contributed by atoms with Crippen LogP contribution >= 0.6 is 0 Å². The van der Waals surface area contributed by atoms with Crippen LogP contribution in [-0.4, -0.2) is 34.3 Å². The van der Waals surface area contributed by atoms with Gasteiger partial charge in [0, 0.05) is 31.5 Å². The number of nitrogens with zero attached hydrogens (tertiary/aromatic N) is 2. The van der Waals surface area contributed by atoms with E-state index >= 15 is 0 Å². The van der Waals surface area contributed by atoms with Crippen molar-refractivity contribution in [2.75, 3.05) is 6.54 Å². The number of carbonyl (C=O) groups excluding carboxylic acids is 2. The van der Waals surface area contributed by atoms with Gasteiger partial charge < -0.3 is 10.2 Å². The molecule has 0 spiro atoms. The minimum Gasteiger partial charge on any atom is -0.350 e. The number of hydrogen-bond acceptors (Lipinski definition) is 3. The zero-order chi connectivity index (χ0) is 17.5. The van der Waals surface area contributed by atoms with E-state index in [0.29, 0.717) is 24.2 Å². The normalized spacial score (nSPS) is 10.5. The van der Waals surface area contributed by atoms with Crippen LogP contribution in [-0.2, 0) is 6.54 Å². The molecule has 1 aromatic heterocycles. The molecule has 0 saturated carbocycles. The van der Waals surface area contributed by atoms with Gasteiger partial charge in [-0.25, -0.2) is 0 Å². The van der Waals surface area contributed by atoms with Gasteiger partial charge in [0.15, 0.2) is 0 Å². The van der Waals surface area contributed by atoms with Crippen LogP contribution in [0.3, 0.4) is 0 Å². The molecule has 1 aromatic carbocycles. The van der Waals surface area contributed by atoms with Gasteiger partial charge in [0.1, 0.15) is 0 Å². The molecule has 126 valence electrons. The molecular weight excluding hydrogens is 302 g/mol. The molecule has 2 rings (SSSR count). The molecule has 2 aromatic rings. The van der Waals surface area contributed by atoms with Gasteiger partial charge in [0.2, 0.25) is 0 Å². The van der Waals surface area contributed by atoms with E-state index in [-0.39, 0.29) is 17.9 Å². The van der Waals surface area contributed by atoms with Crippen LogP contribution in [0.2, 0.25) is 0 Å². The summed E-state index contributed by atoms with van der Waals surface area (Å²) in [5.41, 5.74) is 1.88. The fraction of sp³-hybridized carbons (Fsp3) is 0.316. The second-order valence-electron chi connectivity index (χ2n) is 5.90. The van der Waals surface area contributed by atoms with E-state index in [1.54, 1.807) is 11.0 Å². The van der Waals surface area contributed by atoms with E-state index in [0.717, 1.165) is 5.56 Å². The summed E-state index contributed by atoms with van der Waals surface area (Å²) in [4.78, 5) is 30.6. The maximum Gasteiger partial charge on any atom is 0.255 e. The Hall–Kier alpha value is -2.69. The zero-order valence-corrected chi connectivity index (χ0v) is 14.3. The van der Waals surface area contributed by atoms with Crippen LogP contribution in [0.5, 0.6) is 0 Å². The van der Waals surface area contributed by atoms with Crippen LogP contribution < -0.4 is 5.32 Å². The van der Waals surface area contributed by atoms with Gasteiger partial charge in [-0.2, -0.15) is 0 Å². The number of hydrogen-bond donors (Lipinski definition) is 1. The van der Waals surface area contributed by atoms with Crippen molar-refractivity contribution in [1.82, 2.24) is 15.2 Å². The zero-order valence-electron chi connectivity index (χ0n) is 14.3. The molecular formula is C19H23N3O2. The molecule has 0 saturated heterocycles. The average Bonchev–Trinajstić information content (AvgIpc) is 2.59. The first-order valence-electron chi connectivity index (χ1n) is 8.10. The Morgan fingerprint density at radius 3 is 2.42 bits per heavy atom. The van der Waals surface area contributed by atoms with Gasteiger partial charge in [0.05, 0.1) is 11.1 Å². The van der Waals surface area contributed by atoms with Gasteiger partial charge in [-0.3, -0.25) is 14.6 Å². The number of nitrogens with one attached hydrogen (secondary N) is 1. The molecule has 0 fully saturated rings. The van der Waals surface area contributed by atoms with Crippen molar-refractivity contribution in [3.05, 3.63) is 65.5 Å². The van der Waals surface area contributed by atoms with Crippen LogP contribution in [0.15, 0.2) is 48.8 Å². The molecule has 0 aliphatic heterocycles. The molecule has 24 heavy (non-hydrogen) atoms. The Labute approximate surface area is 142 Å². The third kappa shape index (κ3) is 4.65. The Balaban J connectivity index is 2.17. The lowest BCUT2D eigenvalue weighted by Gasteiger charge is -2.21. The second kappa shape index (κ2) is 8.24. The van der Waals surface area contributed by atoms with Crippen LogP contribution in [0.25, 0.3) is 0 Å². The summed E-state index contributed by atoms with van der Waals surface area (Å²) in [6.45, 7) is 6.82. The van der Waals surface area contributed by atoms with Crippen molar-refractivity contribution in [1.29, 1.82) is 0 Å². The van der Waals surface area contributed by atoms with Crippen molar-refractivity contribution in [2.24, 2.45) is 0 Å². The van der Waals surface area contributed by atoms with Crippen molar-refractivity contribution in [3.63, 3.8) is 0 Å². The highest BCUT2D eigenvalue weighted by molar-refractivity contribution is 5.99. The summed E-state index contributed by atoms with van der Waals surface area (Å²) >= 11 is 0. The van der Waals surface area contributed by atoms with Crippen molar-refractivity contribution < 1.29 is 9.59 Å². The van der Waals surface area contributed by atoms with Crippen molar-refractivity contribution in [3.8, 4) is 0 Å². The van der Waals surface area contributed by atoms with Gasteiger partial charge in [-0.15, -0.1) is 0 Å². The molecule has 1 heterocycles. The van der Waals surface area contributed by atoms with E-state index in [2.05, 4.69) is 10.3 Å². The SMILES string of the molecule is CCN(Cc1ccccc1)C(=O)c1cncc(C(=O)NC(C)C)c1. The van der Waals surface area contributed by atoms with E-state index in [9.17, 15) is 9.59 Å². The minimum absolute atomic E-state index is 0.0297. The first-order valence-corrected chi connectivity index (χ1v) is 8.10. The third-order valence-corrected chi connectivity index (χ3v) is 3.55. The number of benzene rings is 1. The molecule has 0 aliphatic rings. The quantitative estimate of drug-likeness (QED) is 0.888. The highest BCUT2D eigenvalue weighted by Gasteiger charge is 2.17. The number of rotatable bonds is 6. The number of pyridine rings is 1. The van der Waals surface area contributed by atoms with Gasteiger partial charge in [-0.05, 0) is 32.4 Å². The Bertz CT molecular complexity index is 699. The first kappa shape index (κ1) is 17.7. The van der Waals surface area contributed by atoms with E-state index in [1.165, 1.54) is 12.4 Å². The lowest BCUT2D eigenvalue weighted by molar-refractivity contribution is 0.0752. The number of amides is 2. The largest absolute Gasteiger partial charge is 0.350 e. The fourth-order valence-electron chi connectivity index (χ4n) is 2.34. The molecule has 2 amide bonds. The smallest absolute Gasteiger partial charge is 0.255 e. The van der Waals surface area contributed by atoms with Crippen LogP contribution in [0.1, 0.15) is 47.1 Å². The second-order valence-corrected chi connectivity index (χ2v) is 5.90. The fourth-order valence-corrected chi connectivity index (χ4v) is 2.34. The Kier molecular flexibility index (Phi) is 6.07. The van der Waals surface area contributed by atoms with Crippen molar-refractivity contribution in [2.45, 2.75) is 33.4 Å². The molecule has 0 radical (unpaired) electrons. The van der Waals surface area contributed by atoms with Crippen LogP contribution in [0.4, 0.5) is 0 Å². The maximum absolute atomic E-state index is 12.7. The summed E-state index contributed by atoms with van der Waals surface area (Å²) in [5, 5.41) is 2.80. The Morgan fingerprint density at radius 2 is 1.79 bits per heavy atom. The van der Waals surface area contributed by atoms with E-state index in [4.69, 9.17) is 0 Å². The monoisotopic (exact) mass is 325 g/mol. The standard InChI is InChI=1S/C19H23N3O2/c1-4-22(13-15-8-6-5-7-9-15)19(24)17-10-16(11-20-12-17)18(23)21-14(2)3/h5-12,14H,4,13H2,1-3H3,(H,21,23). The van der Waals surface area contributed by atoms with Gasteiger partial charge in [0.25, 0.3) is 11.8 Å². The predicted octanol–water partition coefficient (Wildman–Crippen LogP) is 2.88. The topological polar surface area (TPSA) is 62.3 Å². The maximum atomic E-state index is 12.7. The van der Waals surface area contributed by atoms with Crippen molar-refractivity contribution >= 4 is 11.8 Å². The third-order valence-electron chi connectivity index (χ3n) is 3.55. The minimum atomic E-state index is -0.224. The molecule has 5 nitrogen and oxygen atoms in total. The number of carbonyl (C=O) groups is 2. The molecule has 0 unspecified atom stereocenters. The Morgan fingerprint density at radius 1 is 1.12 bits per heavy atom. The average molecular weight is 325 g/mol. The summed E-state index contributed by atoms with van der Waals surface area (Å²) in [6, 6.07) is 11.4. The summed E-state index contributed by atoms with van der Waals surface area (Å²) in [5.74, 6) is -0.355. The lowest BCUT2D eigenvalue weighted by atomic mass is 10.1. The molecule has 1 N–H and O–H groups in total. The van der Waals surface area contributed by atoms with E-state index in [1.807, 2.05) is 51.1 Å². The lowest BCUT2D eigenvalue weighted by Crippen LogP contribution is -2.32. The summed E-state index contributed by atoms with van der Waals surface area (Å²) in [7, 11) is 0. The molecule has 5 heteroatoms. The summed E-state index contributed by atoms with van der Waals surface area (Å²) in [6.07, 6.45) is 2.98. The summed E-state index contributed by atoms with van der Waals surface area (Å²) < 4.78 is 0. The van der Waals surface area contributed by atoms with Gasteiger partial charge in [-0.1, -0.05) is 30.3 Å². The van der Waals surface area contributed by atoms with Crippen LogP contribution in [0, 0.1) is 0 Å². The first-order chi connectivity index (χ1) is 11.5. The van der Waals surface area contributed by atoms with Gasteiger partial charge >= 0.3 is 0 Å². The molecule has 0 atom stereocenters. The highest BCUT2D eigenvalue weighted by Crippen LogP contribution is 2.11. The number of aromatic nitrogens is 1. The van der Waals surface area contributed by atoms with E-state index < -0.39 is 0 Å². The molecule has 0 bridgehead atoms. The predicted molar refractivity (Wildman–Crippen MR) is 93.7 cm³/mol.